The highest BCUT2D eigenvalue weighted by Crippen LogP contribution is 2.32. The molecule has 2 aromatic carbocycles. The number of carbonyl (C=O) groups excluding carboxylic acids is 1. The van der Waals surface area contributed by atoms with Crippen LogP contribution in [0.3, 0.4) is 0 Å². The van der Waals surface area contributed by atoms with Gasteiger partial charge in [0.2, 0.25) is 10.0 Å². The van der Waals surface area contributed by atoms with Gasteiger partial charge >= 0.3 is 12.1 Å². The highest BCUT2D eigenvalue weighted by atomic mass is 79.9. The number of alkyl halides is 3. The number of halogens is 4. The summed E-state index contributed by atoms with van der Waals surface area (Å²) in [5.74, 6) is -0.549. The Morgan fingerprint density at radius 2 is 1.69 bits per heavy atom. The largest absolute Gasteiger partial charge is 0.426 e. The lowest BCUT2D eigenvalue weighted by atomic mass is 9.98. The van der Waals surface area contributed by atoms with Crippen LogP contribution in [-0.4, -0.2) is 31.8 Å². The summed E-state index contributed by atoms with van der Waals surface area (Å²) in [6.07, 6.45) is -4.17. The maximum absolute atomic E-state index is 12.9. The molecule has 5 nitrogen and oxygen atoms in total. The SMILES string of the molecule is O=C(Oc1ccc(Br)cc1)C1CCN(S(=O)(=O)c2cccc(C(F)(F)F)c2)CC1. The molecule has 1 aliphatic rings. The first-order chi connectivity index (χ1) is 13.6. The number of ether oxygens (including phenoxy) is 1. The predicted molar refractivity (Wildman–Crippen MR) is 103 cm³/mol. The number of hydrogen-bond donors (Lipinski definition) is 0. The van der Waals surface area contributed by atoms with Crippen molar-refractivity contribution in [3.8, 4) is 5.75 Å². The van der Waals surface area contributed by atoms with Crippen LogP contribution in [0.4, 0.5) is 13.2 Å². The van der Waals surface area contributed by atoms with Gasteiger partial charge in [-0.1, -0.05) is 22.0 Å². The average Bonchev–Trinajstić information content (AvgIpc) is 2.69. The fourth-order valence-electron chi connectivity index (χ4n) is 3.02. The van der Waals surface area contributed by atoms with E-state index in [-0.39, 0.29) is 25.9 Å². The molecule has 0 radical (unpaired) electrons. The van der Waals surface area contributed by atoms with Crippen LogP contribution >= 0.6 is 15.9 Å². The Hall–Kier alpha value is -1.91. The van der Waals surface area contributed by atoms with Crippen LogP contribution in [0.15, 0.2) is 57.9 Å². The van der Waals surface area contributed by atoms with Crippen LogP contribution in [0.25, 0.3) is 0 Å². The van der Waals surface area contributed by atoms with Crippen LogP contribution < -0.4 is 4.74 Å². The van der Waals surface area contributed by atoms with Crippen LogP contribution in [0, 0.1) is 5.92 Å². The molecule has 0 saturated carbocycles. The molecule has 2 aromatic rings. The van der Waals surface area contributed by atoms with E-state index in [9.17, 15) is 26.4 Å². The summed E-state index contributed by atoms with van der Waals surface area (Å²) in [5, 5.41) is 0. The van der Waals surface area contributed by atoms with E-state index in [0.29, 0.717) is 11.8 Å². The minimum atomic E-state index is -4.63. The number of piperidine rings is 1. The Bertz CT molecular complexity index is 985. The van der Waals surface area contributed by atoms with Gasteiger partial charge in [0.25, 0.3) is 0 Å². The Kier molecular flexibility index (Phi) is 6.35. The molecule has 1 saturated heterocycles. The van der Waals surface area contributed by atoms with Crippen LogP contribution in [0.2, 0.25) is 0 Å². The van der Waals surface area contributed by atoms with Gasteiger partial charge in [-0.2, -0.15) is 17.5 Å². The third kappa shape index (κ3) is 5.18. The predicted octanol–water partition coefficient (Wildman–Crippen LogP) is 4.47. The summed E-state index contributed by atoms with van der Waals surface area (Å²) >= 11 is 3.28. The van der Waals surface area contributed by atoms with Crippen LogP contribution in [0.1, 0.15) is 18.4 Å². The molecule has 0 unspecified atom stereocenters. The standard InChI is InChI=1S/C19H17BrF3NO4S/c20-15-4-6-16(7-5-15)28-18(25)13-8-10-24(11-9-13)29(26,27)17-3-1-2-14(12-17)19(21,22)23/h1-7,12-13H,8-11H2. The first kappa shape index (κ1) is 21.8. The number of hydrogen-bond acceptors (Lipinski definition) is 4. The average molecular weight is 492 g/mol. The van der Waals surface area contributed by atoms with Gasteiger partial charge < -0.3 is 4.74 Å². The Labute approximate surface area is 174 Å². The molecular formula is C19H17BrF3NO4S. The molecule has 0 bridgehead atoms. The lowest BCUT2D eigenvalue weighted by Crippen LogP contribution is -2.41. The third-order valence-corrected chi connectivity index (χ3v) is 7.04. The fourth-order valence-corrected chi connectivity index (χ4v) is 4.80. The number of esters is 1. The Morgan fingerprint density at radius 1 is 1.07 bits per heavy atom. The molecule has 0 aromatic heterocycles. The zero-order valence-corrected chi connectivity index (χ0v) is 17.4. The van der Waals surface area contributed by atoms with Crippen molar-refractivity contribution in [1.82, 2.24) is 4.31 Å². The van der Waals surface area contributed by atoms with E-state index in [0.717, 1.165) is 27.0 Å². The van der Waals surface area contributed by atoms with Gasteiger partial charge in [0, 0.05) is 17.6 Å². The minimum Gasteiger partial charge on any atom is -0.426 e. The van der Waals surface area contributed by atoms with Crippen molar-refractivity contribution in [2.24, 2.45) is 5.92 Å². The van der Waals surface area contributed by atoms with Crippen molar-refractivity contribution in [2.45, 2.75) is 23.9 Å². The van der Waals surface area contributed by atoms with Gasteiger partial charge in [-0.15, -0.1) is 0 Å². The zero-order valence-electron chi connectivity index (χ0n) is 15.0. The van der Waals surface area contributed by atoms with E-state index >= 15 is 0 Å². The van der Waals surface area contributed by atoms with E-state index in [2.05, 4.69) is 15.9 Å². The highest BCUT2D eigenvalue weighted by molar-refractivity contribution is 9.10. The molecule has 1 aliphatic heterocycles. The van der Waals surface area contributed by atoms with E-state index in [1.807, 2.05) is 0 Å². The number of benzene rings is 2. The molecule has 1 fully saturated rings. The van der Waals surface area contributed by atoms with E-state index in [1.54, 1.807) is 24.3 Å². The van der Waals surface area contributed by atoms with Crippen molar-refractivity contribution >= 4 is 31.9 Å². The first-order valence-electron chi connectivity index (χ1n) is 8.72. The fraction of sp³-hybridized carbons (Fsp3) is 0.316. The topological polar surface area (TPSA) is 63.7 Å². The number of carbonyl (C=O) groups is 1. The maximum Gasteiger partial charge on any atom is 0.416 e. The molecule has 156 valence electrons. The second-order valence-corrected chi connectivity index (χ2v) is 9.43. The zero-order chi connectivity index (χ0) is 21.2. The van der Waals surface area contributed by atoms with Gasteiger partial charge in [0.05, 0.1) is 16.4 Å². The van der Waals surface area contributed by atoms with E-state index in [1.165, 1.54) is 0 Å². The van der Waals surface area contributed by atoms with Crippen molar-refractivity contribution in [3.05, 3.63) is 58.6 Å². The minimum absolute atomic E-state index is 0.0265. The van der Waals surface area contributed by atoms with Gasteiger partial charge in [-0.3, -0.25) is 4.79 Å². The normalized spacial score (nSPS) is 16.6. The lowest BCUT2D eigenvalue weighted by molar-refractivity contribution is -0.140. The van der Waals surface area contributed by atoms with Crippen molar-refractivity contribution < 1.29 is 31.1 Å². The van der Waals surface area contributed by atoms with Crippen LogP contribution in [-0.2, 0) is 21.0 Å². The monoisotopic (exact) mass is 491 g/mol. The number of rotatable bonds is 4. The van der Waals surface area contributed by atoms with Crippen molar-refractivity contribution in [3.63, 3.8) is 0 Å². The number of nitrogens with zero attached hydrogens (tertiary/aromatic N) is 1. The molecular weight excluding hydrogens is 475 g/mol. The molecule has 10 heteroatoms. The Morgan fingerprint density at radius 3 is 2.28 bits per heavy atom. The highest BCUT2D eigenvalue weighted by Gasteiger charge is 2.35. The van der Waals surface area contributed by atoms with Gasteiger partial charge in [-0.05, 0) is 55.3 Å². The molecule has 0 atom stereocenters. The molecule has 0 aliphatic carbocycles. The summed E-state index contributed by atoms with van der Waals surface area (Å²) in [5.41, 5.74) is -1.02. The molecule has 0 spiro atoms. The molecule has 29 heavy (non-hydrogen) atoms. The molecule has 1 heterocycles. The lowest BCUT2D eigenvalue weighted by Gasteiger charge is -2.30. The van der Waals surface area contributed by atoms with Crippen molar-refractivity contribution in [2.75, 3.05) is 13.1 Å². The summed E-state index contributed by atoms with van der Waals surface area (Å²) in [7, 11) is -4.08. The second-order valence-electron chi connectivity index (χ2n) is 6.58. The maximum atomic E-state index is 12.9. The summed E-state index contributed by atoms with van der Waals surface area (Å²) in [6.45, 7) is 0.0529. The summed E-state index contributed by atoms with van der Waals surface area (Å²) < 4.78 is 71.3. The van der Waals surface area contributed by atoms with Gasteiger partial charge in [-0.25, -0.2) is 8.42 Å². The van der Waals surface area contributed by atoms with E-state index < -0.39 is 38.5 Å². The third-order valence-electron chi connectivity index (χ3n) is 4.62. The number of sulfonamides is 1. The molecule has 0 N–H and O–H groups in total. The van der Waals surface area contributed by atoms with Gasteiger partial charge in [0.1, 0.15) is 5.75 Å². The molecule has 0 amide bonds. The van der Waals surface area contributed by atoms with Gasteiger partial charge in [0.15, 0.2) is 0 Å². The summed E-state index contributed by atoms with van der Waals surface area (Å²) in [6, 6.07) is 10.4. The molecule has 3 rings (SSSR count). The van der Waals surface area contributed by atoms with E-state index in [4.69, 9.17) is 4.74 Å². The smallest absolute Gasteiger partial charge is 0.416 e. The van der Waals surface area contributed by atoms with Crippen LogP contribution in [0.5, 0.6) is 5.75 Å². The Balaban J connectivity index is 1.65. The first-order valence-corrected chi connectivity index (χ1v) is 11.0. The second kappa shape index (κ2) is 8.45. The summed E-state index contributed by atoms with van der Waals surface area (Å²) in [4.78, 5) is 11.9. The van der Waals surface area contributed by atoms with Crippen molar-refractivity contribution in [1.29, 1.82) is 0 Å². The quantitative estimate of drug-likeness (QED) is 0.467.